The Kier molecular flexibility index (Phi) is 3.30. The molecule has 3 rings (SSSR count). The number of furan rings is 1. The van der Waals surface area contributed by atoms with Gasteiger partial charge in [0.1, 0.15) is 11.4 Å². The fourth-order valence-electron chi connectivity index (χ4n) is 2.69. The van der Waals surface area contributed by atoms with Crippen molar-refractivity contribution in [2.45, 2.75) is 19.8 Å². The predicted molar refractivity (Wildman–Crippen MR) is 75.5 cm³/mol. The van der Waals surface area contributed by atoms with E-state index >= 15 is 0 Å². The monoisotopic (exact) mass is 271 g/mol. The van der Waals surface area contributed by atoms with Gasteiger partial charge in [0, 0.05) is 30.8 Å². The molecule has 0 radical (unpaired) electrons. The van der Waals surface area contributed by atoms with Gasteiger partial charge >= 0.3 is 0 Å². The number of benzene rings is 1. The van der Waals surface area contributed by atoms with Crippen molar-refractivity contribution in [1.29, 1.82) is 0 Å². The molecule has 1 aromatic heterocycles. The topological polar surface area (TPSA) is 50.5 Å². The van der Waals surface area contributed by atoms with Crippen LogP contribution in [0.25, 0.3) is 11.0 Å². The first-order valence-electron chi connectivity index (χ1n) is 6.99. The molecular weight excluding hydrogens is 254 g/mol. The molecule has 0 saturated carbocycles. The standard InChI is InChI=1S/C16H17NO3/c1-2-11-10-17(8-7-13(11)18)16(19)15-9-12-5-3-4-6-14(12)20-15/h3-6,9,11H,2,7-8,10H2,1H3. The van der Waals surface area contributed by atoms with Crippen molar-refractivity contribution in [3.63, 3.8) is 0 Å². The van der Waals surface area contributed by atoms with Crippen molar-refractivity contribution in [3.05, 3.63) is 36.1 Å². The maximum atomic E-state index is 12.5. The summed E-state index contributed by atoms with van der Waals surface area (Å²) in [5.74, 6) is 0.473. The van der Waals surface area contributed by atoms with Gasteiger partial charge in [-0.15, -0.1) is 0 Å². The summed E-state index contributed by atoms with van der Waals surface area (Å²) < 4.78 is 5.60. The van der Waals surface area contributed by atoms with E-state index in [1.165, 1.54) is 0 Å². The van der Waals surface area contributed by atoms with E-state index in [0.29, 0.717) is 25.3 Å². The number of fused-ring (bicyclic) bond motifs is 1. The molecule has 1 aliphatic rings. The fourth-order valence-corrected chi connectivity index (χ4v) is 2.69. The number of piperidine rings is 1. The summed E-state index contributed by atoms with van der Waals surface area (Å²) in [5.41, 5.74) is 0.718. The second kappa shape index (κ2) is 5.12. The largest absolute Gasteiger partial charge is 0.451 e. The Bertz CT molecular complexity index is 626. The molecule has 1 fully saturated rings. The van der Waals surface area contributed by atoms with Gasteiger partial charge in [0.15, 0.2) is 5.76 Å². The highest BCUT2D eigenvalue weighted by atomic mass is 16.3. The van der Waals surface area contributed by atoms with Crippen molar-refractivity contribution < 1.29 is 14.0 Å². The van der Waals surface area contributed by atoms with Gasteiger partial charge < -0.3 is 9.32 Å². The Morgan fingerprint density at radius 2 is 2.20 bits per heavy atom. The summed E-state index contributed by atoms with van der Waals surface area (Å²) in [6.07, 6.45) is 1.23. The van der Waals surface area contributed by atoms with Crippen LogP contribution >= 0.6 is 0 Å². The Morgan fingerprint density at radius 1 is 1.40 bits per heavy atom. The van der Waals surface area contributed by atoms with E-state index in [9.17, 15) is 9.59 Å². The van der Waals surface area contributed by atoms with Gasteiger partial charge in [0.25, 0.3) is 5.91 Å². The molecule has 4 heteroatoms. The van der Waals surface area contributed by atoms with Gasteiger partial charge in [-0.3, -0.25) is 9.59 Å². The van der Waals surface area contributed by atoms with Crippen LogP contribution in [-0.2, 0) is 4.79 Å². The van der Waals surface area contributed by atoms with Crippen molar-refractivity contribution in [2.24, 2.45) is 5.92 Å². The van der Waals surface area contributed by atoms with E-state index in [4.69, 9.17) is 4.42 Å². The lowest BCUT2D eigenvalue weighted by molar-refractivity contribution is -0.125. The van der Waals surface area contributed by atoms with E-state index in [1.807, 2.05) is 31.2 Å². The Balaban J connectivity index is 1.83. The summed E-state index contributed by atoms with van der Waals surface area (Å²) in [6, 6.07) is 9.34. The van der Waals surface area contributed by atoms with Gasteiger partial charge in [-0.25, -0.2) is 0 Å². The average Bonchev–Trinajstić information content (AvgIpc) is 2.91. The highest BCUT2D eigenvalue weighted by Crippen LogP contribution is 2.23. The lowest BCUT2D eigenvalue weighted by Gasteiger charge is -2.30. The first-order chi connectivity index (χ1) is 9.69. The molecule has 1 aliphatic heterocycles. The second-order valence-corrected chi connectivity index (χ2v) is 5.22. The molecule has 1 atom stereocenters. The van der Waals surface area contributed by atoms with Crippen LogP contribution < -0.4 is 0 Å². The number of carbonyl (C=O) groups excluding carboxylic acids is 2. The van der Waals surface area contributed by atoms with Crippen molar-refractivity contribution in [1.82, 2.24) is 4.90 Å². The maximum Gasteiger partial charge on any atom is 0.289 e. The highest BCUT2D eigenvalue weighted by Gasteiger charge is 2.30. The molecule has 20 heavy (non-hydrogen) atoms. The summed E-state index contributed by atoms with van der Waals surface area (Å²) in [4.78, 5) is 25.9. The van der Waals surface area contributed by atoms with Crippen molar-refractivity contribution in [3.8, 4) is 0 Å². The Labute approximate surface area is 117 Å². The highest BCUT2D eigenvalue weighted by molar-refractivity contribution is 5.97. The van der Waals surface area contributed by atoms with Crippen LogP contribution in [0.4, 0.5) is 0 Å². The van der Waals surface area contributed by atoms with Gasteiger partial charge in [-0.1, -0.05) is 25.1 Å². The third-order valence-corrected chi connectivity index (χ3v) is 3.94. The molecule has 0 spiro atoms. The molecule has 2 aromatic rings. The van der Waals surface area contributed by atoms with Gasteiger partial charge in [-0.05, 0) is 18.6 Å². The third-order valence-electron chi connectivity index (χ3n) is 3.94. The number of rotatable bonds is 2. The molecule has 1 unspecified atom stereocenters. The number of hydrogen-bond donors (Lipinski definition) is 0. The molecule has 0 aliphatic carbocycles. The minimum absolute atomic E-state index is 0.0305. The predicted octanol–water partition coefficient (Wildman–Crippen LogP) is 2.87. The van der Waals surface area contributed by atoms with E-state index in [-0.39, 0.29) is 17.6 Å². The summed E-state index contributed by atoms with van der Waals surface area (Å²) in [7, 11) is 0. The van der Waals surface area contributed by atoms with Crippen LogP contribution in [0.1, 0.15) is 30.3 Å². The minimum atomic E-state index is -0.118. The first-order valence-corrected chi connectivity index (χ1v) is 6.99. The molecule has 0 N–H and O–H groups in total. The molecule has 1 saturated heterocycles. The zero-order chi connectivity index (χ0) is 14.1. The van der Waals surface area contributed by atoms with Crippen molar-refractivity contribution >= 4 is 22.7 Å². The number of nitrogens with zero attached hydrogens (tertiary/aromatic N) is 1. The smallest absolute Gasteiger partial charge is 0.289 e. The van der Waals surface area contributed by atoms with Gasteiger partial charge in [0.2, 0.25) is 0 Å². The van der Waals surface area contributed by atoms with E-state index < -0.39 is 0 Å². The van der Waals surface area contributed by atoms with Crippen LogP contribution in [0, 0.1) is 5.92 Å². The molecule has 4 nitrogen and oxygen atoms in total. The zero-order valence-electron chi connectivity index (χ0n) is 11.5. The van der Waals surface area contributed by atoms with Crippen LogP contribution in [-0.4, -0.2) is 29.7 Å². The number of carbonyl (C=O) groups is 2. The molecule has 1 aromatic carbocycles. The van der Waals surface area contributed by atoms with Crippen LogP contribution in [0.15, 0.2) is 34.7 Å². The number of Topliss-reactive ketones (excluding diaryl/α,β-unsaturated/α-hetero) is 1. The SMILES string of the molecule is CCC1CN(C(=O)c2cc3ccccc3o2)CCC1=O. The number of para-hydroxylation sites is 1. The summed E-state index contributed by atoms with van der Waals surface area (Å²) in [5, 5.41) is 0.927. The number of hydrogen-bond acceptors (Lipinski definition) is 3. The Hall–Kier alpha value is -2.10. The zero-order valence-corrected chi connectivity index (χ0v) is 11.5. The lowest BCUT2D eigenvalue weighted by Crippen LogP contribution is -2.43. The summed E-state index contributed by atoms with van der Waals surface area (Å²) >= 11 is 0. The van der Waals surface area contributed by atoms with E-state index in [2.05, 4.69) is 0 Å². The van der Waals surface area contributed by atoms with Crippen molar-refractivity contribution in [2.75, 3.05) is 13.1 Å². The molecule has 0 bridgehead atoms. The third kappa shape index (κ3) is 2.22. The first kappa shape index (κ1) is 12.9. The average molecular weight is 271 g/mol. The van der Waals surface area contributed by atoms with Crippen LogP contribution in [0.2, 0.25) is 0 Å². The quantitative estimate of drug-likeness (QED) is 0.844. The Morgan fingerprint density at radius 3 is 2.95 bits per heavy atom. The van der Waals surface area contributed by atoms with Crippen LogP contribution in [0.5, 0.6) is 0 Å². The number of likely N-dealkylation sites (tertiary alicyclic amines) is 1. The summed E-state index contributed by atoms with van der Waals surface area (Å²) in [6.45, 7) is 2.98. The molecule has 1 amide bonds. The molecule has 2 heterocycles. The number of ketones is 1. The fraction of sp³-hybridized carbons (Fsp3) is 0.375. The normalized spacial score (nSPS) is 19.6. The van der Waals surface area contributed by atoms with E-state index in [1.54, 1.807) is 11.0 Å². The van der Waals surface area contributed by atoms with E-state index in [0.717, 1.165) is 17.4 Å². The molecular formula is C16H17NO3. The van der Waals surface area contributed by atoms with Crippen LogP contribution in [0.3, 0.4) is 0 Å². The lowest BCUT2D eigenvalue weighted by atomic mass is 9.94. The maximum absolute atomic E-state index is 12.5. The molecule has 104 valence electrons. The second-order valence-electron chi connectivity index (χ2n) is 5.22. The number of amides is 1. The minimum Gasteiger partial charge on any atom is -0.451 e. The van der Waals surface area contributed by atoms with Gasteiger partial charge in [0.05, 0.1) is 0 Å². The van der Waals surface area contributed by atoms with Gasteiger partial charge in [-0.2, -0.15) is 0 Å².